The summed E-state index contributed by atoms with van der Waals surface area (Å²) in [6.45, 7) is 3.97. The largest absolute Gasteiger partial charge is 0.494 e. The van der Waals surface area contributed by atoms with E-state index in [2.05, 4.69) is 6.07 Å². The molecule has 5 rings (SSSR count). The van der Waals surface area contributed by atoms with Gasteiger partial charge in [0, 0.05) is 11.9 Å². The number of hydrogen-bond acceptors (Lipinski definition) is 6. The van der Waals surface area contributed by atoms with Crippen LogP contribution >= 0.6 is 0 Å². The van der Waals surface area contributed by atoms with E-state index in [1.54, 1.807) is 49.2 Å². The number of nitriles is 1. The van der Waals surface area contributed by atoms with Crippen molar-refractivity contribution >= 4 is 5.65 Å². The number of aromatic nitrogens is 4. The summed E-state index contributed by atoms with van der Waals surface area (Å²) >= 11 is 0. The molecule has 3 heterocycles. The summed E-state index contributed by atoms with van der Waals surface area (Å²) in [7, 11) is 1.61. The van der Waals surface area contributed by atoms with Crippen LogP contribution in [-0.2, 0) is 6.61 Å². The third-order valence-corrected chi connectivity index (χ3v) is 5.91. The SMILES string of the molecule is COc1ccccc1-n1nc(-c2c(C)nc3c(OCc4cccc(C#N)c4)cccn3c2=O)cc1C. The molecule has 0 aliphatic heterocycles. The molecule has 0 aliphatic rings. The van der Waals surface area contributed by atoms with Crippen LogP contribution in [0.4, 0.5) is 0 Å². The van der Waals surface area contributed by atoms with Gasteiger partial charge in [0.15, 0.2) is 11.4 Å². The van der Waals surface area contributed by atoms with E-state index in [0.717, 1.165) is 16.9 Å². The maximum atomic E-state index is 13.6. The number of aryl methyl sites for hydroxylation is 2. The minimum Gasteiger partial charge on any atom is -0.494 e. The van der Waals surface area contributed by atoms with Crippen LogP contribution in [0.25, 0.3) is 22.6 Å². The monoisotopic (exact) mass is 477 g/mol. The second kappa shape index (κ2) is 9.39. The lowest BCUT2D eigenvalue weighted by molar-refractivity contribution is 0.308. The summed E-state index contributed by atoms with van der Waals surface area (Å²) in [5.41, 5.74) is 4.73. The van der Waals surface area contributed by atoms with Crippen molar-refractivity contribution in [2.75, 3.05) is 7.11 Å². The van der Waals surface area contributed by atoms with Crippen LogP contribution < -0.4 is 15.0 Å². The maximum absolute atomic E-state index is 13.6. The highest BCUT2D eigenvalue weighted by Crippen LogP contribution is 2.27. The zero-order valence-electron chi connectivity index (χ0n) is 20.1. The van der Waals surface area contributed by atoms with Crippen LogP contribution in [0, 0.1) is 25.2 Å². The van der Waals surface area contributed by atoms with Gasteiger partial charge in [0.05, 0.1) is 30.0 Å². The van der Waals surface area contributed by atoms with Gasteiger partial charge in [-0.05, 0) is 61.9 Å². The van der Waals surface area contributed by atoms with Gasteiger partial charge in [-0.3, -0.25) is 9.20 Å². The smallest absolute Gasteiger partial charge is 0.267 e. The number of nitrogens with zero attached hydrogens (tertiary/aromatic N) is 5. The lowest BCUT2D eigenvalue weighted by Crippen LogP contribution is -2.19. The number of benzene rings is 2. The number of fused-ring (bicyclic) bond motifs is 1. The highest BCUT2D eigenvalue weighted by molar-refractivity contribution is 5.66. The zero-order chi connectivity index (χ0) is 25.2. The predicted octanol–water partition coefficient (Wildman–Crippen LogP) is 4.62. The number of hydrogen-bond donors (Lipinski definition) is 0. The molecule has 8 nitrogen and oxygen atoms in total. The first-order valence-corrected chi connectivity index (χ1v) is 11.3. The molecule has 0 aliphatic carbocycles. The fourth-order valence-corrected chi connectivity index (χ4v) is 4.19. The first-order valence-electron chi connectivity index (χ1n) is 11.3. The van der Waals surface area contributed by atoms with Crippen molar-refractivity contribution in [2.24, 2.45) is 0 Å². The zero-order valence-corrected chi connectivity index (χ0v) is 20.1. The van der Waals surface area contributed by atoms with Crippen molar-refractivity contribution in [3.8, 4) is 34.5 Å². The highest BCUT2D eigenvalue weighted by atomic mass is 16.5. The lowest BCUT2D eigenvalue weighted by Gasteiger charge is -2.12. The van der Waals surface area contributed by atoms with Crippen molar-refractivity contribution < 1.29 is 9.47 Å². The minimum absolute atomic E-state index is 0.237. The van der Waals surface area contributed by atoms with Crippen LogP contribution in [0.1, 0.15) is 22.5 Å². The number of para-hydroxylation sites is 2. The van der Waals surface area contributed by atoms with Crippen LogP contribution in [0.3, 0.4) is 0 Å². The molecule has 2 aromatic carbocycles. The quantitative estimate of drug-likeness (QED) is 0.354. The van der Waals surface area contributed by atoms with Crippen molar-refractivity contribution in [1.82, 2.24) is 19.2 Å². The Kier molecular flexibility index (Phi) is 5.97. The third-order valence-electron chi connectivity index (χ3n) is 5.91. The Hall–Kier alpha value is -4.90. The van der Waals surface area contributed by atoms with Crippen LogP contribution in [0.5, 0.6) is 11.5 Å². The van der Waals surface area contributed by atoms with E-state index in [1.165, 1.54) is 4.40 Å². The van der Waals surface area contributed by atoms with Crippen molar-refractivity contribution in [3.05, 3.63) is 106 Å². The average Bonchev–Trinajstić information content (AvgIpc) is 3.28. The van der Waals surface area contributed by atoms with E-state index in [1.807, 2.05) is 49.4 Å². The molecule has 178 valence electrons. The van der Waals surface area contributed by atoms with Crippen molar-refractivity contribution in [2.45, 2.75) is 20.5 Å². The standard InChI is InChI=1S/C28H23N5O3/c1-18-14-22(31-33(18)23-10-4-5-11-24(23)35-3)26-19(2)30-27-25(12-7-13-32(27)28(26)34)36-17-21-9-6-8-20(15-21)16-29/h4-15H,17H2,1-3H3. The minimum atomic E-state index is -0.237. The summed E-state index contributed by atoms with van der Waals surface area (Å²) < 4.78 is 14.7. The molecule has 0 saturated carbocycles. The molecule has 36 heavy (non-hydrogen) atoms. The van der Waals surface area contributed by atoms with E-state index >= 15 is 0 Å². The van der Waals surface area contributed by atoms with E-state index in [4.69, 9.17) is 24.8 Å². The lowest BCUT2D eigenvalue weighted by atomic mass is 10.1. The Morgan fingerprint density at radius 2 is 1.81 bits per heavy atom. The molecule has 3 aromatic heterocycles. The second-order valence-electron chi connectivity index (χ2n) is 8.30. The Labute approximate surface area is 207 Å². The van der Waals surface area contributed by atoms with Gasteiger partial charge in [-0.2, -0.15) is 10.4 Å². The molecule has 0 bridgehead atoms. The molecule has 0 saturated heterocycles. The summed E-state index contributed by atoms with van der Waals surface area (Å²) in [5.74, 6) is 1.16. The molecule has 0 amide bonds. The third kappa shape index (κ3) is 4.07. The Balaban J connectivity index is 1.55. The summed E-state index contributed by atoms with van der Waals surface area (Å²) in [4.78, 5) is 18.3. The fraction of sp³-hybridized carbons (Fsp3) is 0.143. The Bertz CT molecular complexity index is 1690. The van der Waals surface area contributed by atoms with Gasteiger partial charge < -0.3 is 9.47 Å². The Morgan fingerprint density at radius 3 is 2.61 bits per heavy atom. The number of methoxy groups -OCH3 is 1. The molecule has 0 radical (unpaired) electrons. The highest BCUT2D eigenvalue weighted by Gasteiger charge is 2.19. The maximum Gasteiger partial charge on any atom is 0.267 e. The van der Waals surface area contributed by atoms with Gasteiger partial charge in [-0.1, -0.05) is 24.3 Å². The van der Waals surface area contributed by atoms with Gasteiger partial charge in [-0.15, -0.1) is 0 Å². The number of pyridine rings is 1. The molecule has 5 aromatic rings. The second-order valence-corrected chi connectivity index (χ2v) is 8.30. The van der Waals surface area contributed by atoms with Gasteiger partial charge >= 0.3 is 0 Å². The van der Waals surface area contributed by atoms with Crippen LogP contribution in [0.2, 0.25) is 0 Å². The topological polar surface area (TPSA) is 94.4 Å². The molecule has 0 fully saturated rings. The van der Waals surface area contributed by atoms with E-state index in [-0.39, 0.29) is 12.2 Å². The molecule has 0 unspecified atom stereocenters. The summed E-state index contributed by atoms with van der Waals surface area (Å²) in [6.07, 6.45) is 1.67. The Morgan fingerprint density at radius 1 is 1.00 bits per heavy atom. The fourth-order valence-electron chi connectivity index (χ4n) is 4.19. The van der Waals surface area contributed by atoms with Gasteiger partial charge in [0.25, 0.3) is 5.56 Å². The average molecular weight is 478 g/mol. The summed E-state index contributed by atoms with van der Waals surface area (Å²) in [5, 5.41) is 13.9. The summed E-state index contributed by atoms with van der Waals surface area (Å²) in [6, 6.07) is 22.3. The molecule has 0 N–H and O–H groups in total. The first-order chi connectivity index (χ1) is 17.5. The molecule has 0 atom stereocenters. The van der Waals surface area contributed by atoms with Crippen molar-refractivity contribution in [1.29, 1.82) is 5.26 Å². The number of ether oxygens (including phenoxy) is 2. The van der Waals surface area contributed by atoms with Gasteiger partial charge in [0.2, 0.25) is 0 Å². The first kappa shape index (κ1) is 22.9. The molecule has 0 spiro atoms. The van der Waals surface area contributed by atoms with Gasteiger partial charge in [0.1, 0.15) is 23.7 Å². The van der Waals surface area contributed by atoms with E-state index < -0.39 is 0 Å². The van der Waals surface area contributed by atoms with Crippen LogP contribution in [0.15, 0.2) is 77.7 Å². The van der Waals surface area contributed by atoms with E-state index in [9.17, 15) is 4.79 Å². The van der Waals surface area contributed by atoms with Gasteiger partial charge in [-0.25, -0.2) is 9.67 Å². The molecular formula is C28H23N5O3. The van der Waals surface area contributed by atoms with E-state index in [0.29, 0.717) is 39.7 Å². The predicted molar refractivity (Wildman–Crippen MR) is 136 cm³/mol. The van der Waals surface area contributed by atoms with Crippen molar-refractivity contribution in [3.63, 3.8) is 0 Å². The number of rotatable bonds is 6. The molecular weight excluding hydrogens is 454 g/mol. The molecule has 8 heteroatoms. The normalized spacial score (nSPS) is 10.8. The van der Waals surface area contributed by atoms with Crippen LogP contribution in [-0.4, -0.2) is 26.3 Å².